The second-order valence-corrected chi connectivity index (χ2v) is 6.22. The lowest BCUT2D eigenvalue weighted by molar-refractivity contribution is 0.318. The number of rotatable bonds is 6. The van der Waals surface area contributed by atoms with Crippen LogP contribution in [0.4, 0.5) is 4.39 Å². The first kappa shape index (κ1) is 15.8. The van der Waals surface area contributed by atoms with Crippen molar-refractivity contribution in [2.45, 2.75) is 13.0 Å². The summed E-state index contributed by atoms with van der Waals surface area (Å²) in [6, 6.07) is 8.10. The van der Waals surface area contributed by atoms with Crippen molar-refractivity contribution in [3.05, 3.63) is 56.5 Å². The van der Waals surface area contributed by atoms with Crippen molar-refractivity contribution in [2.24, 2.45) is 10.9 Å². The average Bonchev–Trinajstić information content (AvgIpc) is 2.89. The van der Waals surface area contributed by atoms with E-state index in [4.69, 9.17) is 22.5 Å². The van der Waals surface area contributed by atoms with Gasteiger partial charge in [0.2, 0.25) is 0 Å². The van der Waals surface area contributed by atoms with E-state index in [0.717, 1.165) is 22.9 Å². The highest BCUT2D eigenvalue weighted by molar-refractivity contribution is 7.16. The van der Waals surface area contributed by atoms with Crippen LogP contribution in [0.5, 0.6) is 0 Å². The fraction of sp³-hybridized carbons (Fsp3) is 0.214. The maximum atomic E-state index is 13.2. The summed E-state index contributed by atoms with van der Waals surface area (Å²) in [6.45, 7) is 1.26. The summed E-state index contributed by atoms with van der Waals surface area (Å²) in [5.41, 5.74) is 6.72. The second-order valence-electron chi connectivity index (χ2n) is 4.42. The molecular formula is C14H15ClFN3OS. The van der Waals surface area contributed by atoms with Gasteiger partial charge in [-0.1, -0.05) is 22.8 Å². The van der Waals surface area contributed by atoms with Crippen LogP contribution in [0, 0.1) is 5.82 Å². The van der Waals surface area contributed by atoms with Crippen molar-refractivity contribution in [2.75, 3.05) is 6.54 Å². The average molecular weight is 328 g/mol. The largest absolute Gasteiger partial charge is 0.409 e. The van der Waals surface area contributed by atoms with Gasteiger partial charge in [-0.05, 0) is 36.2 Å². The van der Waals surface area contributed by atoms with E-state index in [2.05, 4.69) is 10.5 Å². The Morgan fingerprint density at radius 1 is 1.38 bits per heavy atom. The SMILES string of the molecule is N/C(=N/O)c1cc(F)ccc1CNCCc1ccc(Cl)s1. The standard InChI is InChI=1S/C14H15ClFN3OS/c15-13-4-3-11(21-13)5-6-18-8-9-1-2-10(16)7-12(9)14(17)19-20/h1-4,7,18,20H,5-6,8H2,(H2,17,19). The van der Waals surface area contributed by atoms with Gasteiger partial charge in [0, 0.05) is 23.5 Å². The van der Waals surface area contributed by atoms with E-state index in [9.17, 15) is 4.39 Å². The molecule has 0 aliphatic carbocycles. The van der Waals surface area contributed by atoms with Gasteiger partial charge in [-0.3, -0.25) is 0 Å². The number of oxime groups is 1. The number of thiophene rings is 1. The molecule has 7 heteroatoms. The first-order valence-corrected chi connectivity index (χ1v) is 7.51. The van der Waals surface area contributed by atoms with Crippen molar-refractivity contribution in [3.8, 4) is 0 Å². The molecule has 0 spiro atoms. The van der Waals surface area contributed by atoms with Crippen LogP contribution < -0.4 is 11.1 Å². The van der Waals surface area contributed by atoms with Crippen LogP contribution in [-0.2, 0) is 13.0 Å². The summed E-state index contributed by atoms with van der Waals surface area (Å²) in [4.78, 5) is 1.20. The fourth-order valence-corrected chi connectivity index (χ4v) is 3.00. The zero-order chi connectivity index (χ0) is 15.2. The molecule has 0 aliphatic rings. The number of benzene rings is 1. The van der Waals surface area contributed by atoms with E-state index in [1.54, 1.807) is 17.4 Å². The predicted octanol–water partition coefficient (Wildman–Crippen LogP) is 2.97. The van der Waals surface area contributed by atoms with Gasteiger partial charge in [-0.2, -0.15) is 0 Å². The number of hydrogen-bond acceptors (Lipinski definition) is 4. The van der Waals surface area contributed by atoms with Gasteiger partial charge in [-0.15, -0.1) is 11.3 Å². The molecule has 112 valence electrons. The van der Waals surface area contributed by atoms with Gasteiger partial charge in [0.05, 0.1) is 4.34 Å². The summed E-state index contributed by atoms with van der Waals surface area (Å²) in [6.07, 6.45) is 0.859. The third-order valence-corrected chi connectivity index (χ3v) is 4.24. The molecule has 0 radical (unpaired) electrons. The molecule has 0 atom stereocenters. The monoisotopic (exact) mass is 327 g/mol. The molecule has 0 unspecified atom stereocenters. The normalized spacial score (nSPS) is 11.8. The Balaban J connectivity index is 1.93. The molecule has 2 rings (SSSR count). The van der Waals surface area contributed by atoms with E-state index >= 15 is 0 Å². The Morgan fingerprint density at radius 2 is 2.19 bits per heavy atom. The van der Waals surface area contributed by atoms with Gasteiger partial charge in [0.15, 0.2) is 5.84 Å². The zero-order valence-corrected chi connectivity index (χ0v) is 12.7. The summed E-state index contributed by atoms with van der Waals surface area (Å²) in [5.74, 6) is -0.523. The summed E-state index contributed by atoms with van der Waals surface area (Å²) < 4.78 is 14.0. The molecule has 2 aromatic rings. The van der Waals surface area contributed by atoms with Crippen molar-refractivity contribution in [1.29, 1.82) is 0 Å². The van der Waals surface area contributed by atoms with E-state index in [0.29, 0.717) is 12.1 Å². The molecule has 0 fully saturated rings. The van der Waals surface area contributed by atoms with E-state index in [1.807, 2.05) is 12.1 Å². The molecule has 0 saturated carbocycles. The first-order chi connectivity index (χ1) is 10.1. The minimum Gasteiger partial charge on any atom is -0.409 e. The molecule has 0 aliphatic heterocycles. The lowest BCUT2D eigenvalue weighted by atomic mass is 10.1. The first-order valence-electron chi connectivity index (χ1n) is 6.31. The highest BCUT2D eigenvalue weighted by Gasteiger charge is 2.08. The van der Waals surface area contributed by atoms with Crippen molar-refractivity contribution >= 4 is 28.8 Å². The van der Waals surface area contributed by atoms with Crippen LogP contribution in [0.3, 0.4) is 0 Å². The smallest absolute Gasteiger partial charge is 0.170 e. The number of halogens is 2. The number of nitrogens with one attached hydrogen (secondary N) is 1. The zero-order valence-electron chi connectivity index (χ0n) is 11.1. The van der Waals surface area contributed by atoms with E-state index < -0.39 is 5.82 Å². The predicted molar refractivity (Wildman–Crippen MR) is 83.7 cm³/mol. The minimum atomic E-state index is -0.423. The summed E-state index contributed by atoms with van der Waals surface area (Å²) in [5, 5.41) is 14.9. The van der Waals surface area contributed by atoms with Gasteiger partial charge in [0.1, 0.15) is 5.82 Å². The maximum absolute atomic E-state index is 13.2. The van der Waals surface area contributed by atoms with Crippen LogP contribution in [0.15, 0.2) is 35.5 Å². The maximum Gasteiger partial charge on any atom is 0.170 e. The van der Waals surface area contributed by atoms with E-state index in [-0.39, 0.29) is 5.84 Å². The molecule has 1 aromatic carbocycles. The fourth-order valence-electron chi connectivity index (χ4n) is 1.92. The highest BCUT2D eigenvalue weighted by atomic mass is 35.5. The molecule has 1 aromatic heterocycles. The lowest BCUT2D eigenvalue weighted by Crippen LogP contribution is -2.21. The number of hydrogen-bond donors (Lipinski definition) is 3. The third kappa shape index (κ3) is 4.42. The summed E-state index contributed by atoms with van der Waals surface area (Å²) >= 11 is 7.42. The van der Waals surface area contributed by atoms with E-state index in [1.165, 1.54) is 17.0 Å². The van der Waals surface area contributed by atoms with Gasteiger partial charge in [-0.25, -0.2) is 4.39 Å². The Bertz CT molecular complexity index is 645. The molecule has 0 amide bonds. The summed E-state index contributed by atoms with van der Waals surface area (Å²) in [7, 11) is 0. The molecular weight excluding hydrogens is 313 g/mol. The van der Waals surface area contributed by atoms with Crippen LogP contribution in [-0.4, -0.2) is 17.6 Å². The van der Waals surface area contributed by atoms with Crippen LogP contribution in [0.2, 0.25) is 4.34 Å². The molecule has 4 nitrogen and oxygen atoms in total. The lowest BCUT2D eigenvalue weighted by Gasteiger charge is -2.09. The Hall–Kier alpha value is -1.63. The highest BCUT2D eigenvalue weighted by Crippen LogP contribution is 2.21. The third-order valence-electron chi connectivity index (χ3n) is 2.95. The number of amidine groups is 1. The van der Waals surface area contributed by atoms with Crippen molar-refractivity contribution < 1.29 is 9.60 Å². The Kier molecular flexibility index (Phi) is 5.55. The molecule has 21 heavy (non-hydrogen) atoms. The van der Waals surface area contributed by atoms with Crippen LogP contribution in [0.1, 0.15) is 16.0 Å². The van der Waals surface area contributed by atoms with Crippen molar-refractivity contribution in [3.63, 3.8) is 0 Å². The second kappa shape index (κ2) is 7.40. The molecule has 1 heterocycles. The quantitative estimate of drug-likeness (QED) is 0.251. The van der Waals surface area contributed by atoms with Crippen LogP contribution in [0.25, 0.3) is 0 Å². The molecule has 4 N–H and O–H groups in total. The van der Waals surface area contributed by atoms with Gasteiger partial charge >= 0.3 is 0 Å². The number of nitrogens with zero attached hydrogens (tertiary/aromatic N) is 1. The minimum absolute atomic E-state index is 0.101. The Labute approximate surface area is 131 Å². The Morgan fingerprint density at radius 3 is 2.86 bits per heavy atom. The molecule has 0 saturated heterocycles. The number of nitrogens with two attached hydrogens (primary N) is 1. The van der Waals surface area contributed by atoms with Crippen molar-refractivity contribution in [1.82, 2.24) is 5.32 Å². The van der Waals surface area contributed by atoms with Gasteiger partial charge in [0.25, 0.3) is 0 Å². The van der Waals surface area contributed by atoms with Crippen LogP contribution >= 0.6 is 22.9 Å². The molecule has 0 bridgehead atoms. The topological polar surface area (TPSA) is 70.6 Å². The van der Waals surface area contributed by atoms with Gasteiger partial charge < -0.3 is 16.3 Å².